The molecule has 0 rings (SSSR count). The van der Waals surface area contributed by atoms with E-state index in [-0.39, 0.29) is 6.09 Å². The number of carbonyl (C=O) groups excluding carboxylic acids is 1. The van der Waals surface area contributed by atoms with E-state index in [4.69, 9.17) is 4.74 Å². The van der Waals surface area contributed by atoms with Gasteiger partial charge in [-0.15, -0.1) is 0 Å². The van der Waals surface area contributed by atoms with Crippen molar-refractivity contribution in [3.05, 3.63) is 6.92 Å². The van der Waals surface area contributed by atoms with Crippen LogP contribution in [0.1, 0.15) is 32.1 Å². The predicted molar refractivity (Wildman–Crippen MR) is 53.5 cm³/mol. The Hall–Kier alpha value is -0.730. The van der Waals surface area contributed by atoms with Crippen LogP contribution < -0.4 is 0 Å². The zero-order valence-corrected chi connectivity index (χ0v) is 8.71. The largest absolute Gasteiger partial charge is 0.449 e. The first kappa shape index (κ1) is 12.3. The summed E-state index contributed by atoms with van der Waals surface area (Å²) in [4.78, 5) is 12.4. The quantitative estimate of drug-likeness (QED) is 0.596. The minimum absolute atomic E-state index is 0.253. The number of hydrogen-bond donors (Lipinski definition) is 0. The molecule has 0 aromatic heterocycles. The fraction of sp³-hybridized carbons (Fsp3) is 0.800. The van der Waals surface area contributed by atoms with E-state index in [0.717, 1.165) is 19.3 Å². The number of ether oxygens (including phenoxy) is 1. The van der Waals surface area contributed by atoms with E-state index in [1.165, 1.54) is 17.7 Å². The zero-order chi connectivity index (χ0) is 10.1. The molecule has 0 saturated carbocycles. The summed E-state index contributed by atoms with van der Waals surface area (Å²) in [6.07, 6.45) is 5.18. The van der Waals surface area contributed by atoms with Crippen LogP contribution in [0.15, 0.2) is 0 Å². The van der Waals surface area contributed by atoms with Crippen molar-refractivity contribution in [2.75, 3.05) is 20.7 Å². The van der Waals surface area contributed by atoms with Crippen LogP contribution in [0.5, 0.6) is 0 Å². The van der Waals surface area contributed by atoms with Gasteiger partial charge in [0.2, 0.25) is 0 Å². The first-order valence-electron chi connectivity index (χ1n) is 4.81. The summed E-state index contributed by atoms with van der Waals surface area (Å²) in [6.45, 7) is 4.30. The SMILES string of the molecule is [CH2]CCCCCCOC(=O)N(C)C. The van der Waals surface area contributed by atoms with Gasteiger partial charge in [0, 0.05) is 14.1 Å². The molecule has 0 aliphatic heterocycles. The summed E-state index contributed by atoms with van der Waals surface area (Å²) in [6, 6.07) is 0. The molecule has 77 valence electrons. The maximum atomic E-state index is 10.9. The normalized spacial score (nSPS) is 9.77. The number of hydrogen-bond acceptors (Lipinski definition) is 2. The second-order valence-electron chi connectivity index (χ2n) is 3.28. The van der Waals surface area contributed by atoms with Crippen LogP contribution in [0.2, 0.25) is 0 Å². The zero-order valence-electron chi connectivity index (χ0n) is 8.71. The molecule has 0 bridgehead atoms. The highest BCUT2D eigenvalue weighted by atomic mass is 16.6. The van der Waals surface area contributed by atoms with Crippen LogP contribution in [0.3, 0.4) is 0 Å². The lowest BCUT2D eigenvalue weighted by atomic mass is 10.2. The lowest BCUT2D eigenvalue weighted by Gasteiger charge is -2.10. The number of unbranched alkanes of at least 4 members (excludes halogenated alkanes) is 4. The molecule has 1 radical (unpaired) electrons. The molecule has 0 aromatic rings. The highest BCUT2D eigenvalue weighted by Crippen LogP contribution is 2.02. The van der Waals surface area contributed by atoms with Gasteiger partial charge < -0.3 is 9.64 Å². The number of carbonyl (C=O) groups is 1. The van der Waals surface area contributed by atoms with Crippen molar-refractivity contribution in [1.82, 2.24) is 4.90 Å². The molecule has 0 aromatic carbocycles. The molecule has 0 atom stereocenters. The Kier molecular flexibility index (Phi) is 7.45. The van der Waals surface area contributed by atoms with Gasteiger partial charge in [-0.2, -0.15) is 0 Å². The van der Waals surface area contributed by atoms with E-state index in [2.05, 4.69) is 6.92 Å². The van der Waals surface area contributed by atoms with Crippen LogP contribution in [0.25, 0.3) is 0 Å². The summed E-state index contributed by atoms with van der Waals surface area (Å²) in [5.74, 6) is 0. The Morgan fingerprint density at radius 2 is 1.85 bits per heavy atom. The monoisotopic (exact) mass is 186 g/mol. The van der Waals surface area contributed by atoms with Crippen molar-refractivity contribution in [2.45, 2.75) is 32.1 Å². The second kappa shape index (κ2) is 7.90. The Balaban J connectivity index is 3.12. The minimum atomic E-state index is -0.253. The average molecular weight is 186 g/mol. The van der Waals surface area contributed by atoms with Crippen molar-refractivity contribution >= 4 is 6.09 Å². The number of rotatable bonds is 6. The van der Waals surface area contributed by atoms with Gasteiger partial charge in [-0.05, 0) is 6.42 Å². The van der Waals surface area contributed by atoms with E-state index < -0.39 is 0 Å². The Labute approximate surface area is 81.1 Å². The van der Waals surface area contributed by atoms with Gasteiger partial charge in [0.05, 0.1) is 6.61 Å². The third kappa shape index (κ3) is 7.62. The smallest absolute Gasteiger partial charge is 0.409 e. The van der Waals surface area contributed by atoms with Gasteiger partial charge in [0.25, 0.3) is 0 Å². The van der Waals surface area contributed by atoms with Gasteiger partial charge >= 0.3 is 6.09 Å². The van der Waals surface area contributed by atoms with Crippen LogP contribution in [0, 0.1) is 6.92 Å². The molecule has 13 heavy (non-hydrogen) atoms. The third-order valence-corrected chi connectivity index (χ3v) is 1.74. The van der Waals surface area contributed by atoms with Crippen LogP contribution in [0.4, 0.5) is 4.79 Å². The maximum absolute atomic E-state index is 10.9. The standard InChI is InChI=1S/C10H20NO2/c1-4-5-6-7-8-9-13-10(12)11(2)3/h1,4-9H2,2-3H3. The van der Waals surface area contributed by atoms with Crippen molar-refractivity contribution in [3.63, 3.8) is 0 Å². The van der Waals surface area contributed by atoms with Crippen molar-refractivity contribution in [3.8, 4) is 0 Å². The van der Waals surface area contributed by atoms with E-state index in [9.17, 15) is 4.79 Å². The average Bonchev–Trinajstić information content (AvgIpc) is 2.10. The van der Waals surface area contributed by atoms with E-state index in [0.29, 0.717) is 6.61 Å². The summed E-state index contributed by atoms with van der Waals surface area (Å²) < 4.78 is 4.96. The molecular formula is C10H20NO2. The second-order valence-corrected chi connectivity index (χ2v) is 3.28. The molecule has 0 heterocycles. The molecule has 0 aliphatic carbocycles. The fourth-order valence-electron chi connectivity index (χ4n) is 0.921. The minimum Gasteiger partial charge on any atom is -0.449 e. The van der Waals surface area contributed by atoms with Gasteiger partial charge in [0.1, 0.15) is 0 Å². The lowest BCUT2D eigenvalue weighted by molar-refractivity contribution is 0.116. The topological polar surface area (TPSA) is 29.5 Å². The molecule has 1 amide bonds. The highest BCUT2D eigenvalue weighted by Gasteiger charge is 2.02. The van der Waals surface area contributed by atoms with Crippen LogP contribution >= 0.6 is 0 Å². The summed E-state index contributed by atoms with van der Waals surface area (Å²) in [5, 5.41) is 0. The molecule has 3 heteroatoms. The first-order valence-corrected chi connectivity index (χ1v) is 4.81. The van der Waals surface area contributed by atoms with E-state index in [1.807, 2.05) is 0 Å². The van der Waals surface area contributed by atoms with Gasteiger partial charge in [-0.25, -0.2) is 4.79 Å². The summed E-state index contributed by atoms with van der Waals surface area (Å²) in [5.41, 5.74) is 0. The Morgan fingerprint density at radius 3 is 2.38 bits per heavy atom. The van der Waals surface area contributed by atoms with E-state index in [1.54, 1.807) is 14.1 Å². The molecule has 0 fully saturated rings. The number of amides is 1. The maximum Gasteiger partial charge on any atom is 0.409 e. The molecule has 0 N–H and O–H groups in total. The first-order chi connectivity index (χ1) is 6.18. The molecule has 0 spiro atoms. The molecular weight excluding hydrogens is 166 g/mol. The molecule has 0 aliphatic rings. The molecule has 3 nitrogen and oxygen atoms in total. The van der Waals surface area contributed by atoms with Gasteiger partial charge in [0.15, 0.2) is 0 Å². The van der Waals surface area contributed by atoms with Crippen LogP contribution in [-0.4, -0.2) is 31.7 Å². The lowest BCUT2D eigenvalue weighted by Crippen LogP contribution is -2.23. The van der Waals surface area contributed by atoms with Crippen molar-refractivity contribution in [2.24, 2.45) is 0 Å². The molecule has 0 saturated heterocycles. The summed E-state index contributed by atoms with van der Waals surface area (Å²) in [7, 11) is 3.37. The van der Waals surface area contributed by atoms with Gasteiger partial charge in [-0.1, -0.05) is 32.6 Å². The Morgan fingerprint density at radius 1 is 1.23 bits per heavy atom. The molecule has 0 unspecified atom stereocenters. The van der Waals surface area contributed by atoms with Gasteiger partial charge in [-0.3, -0.25) is 0 Å². The third-order valence-electron chi connectivity index (χ3n) is 1.74. The highest BCUT2D eigenvalue weighted by molar-refractivity contribution is 5.66. The van der Waals surface area contributed by atoms with Crippen LogP contribution in [-0.2, 0) is 4.74 Å². The Bertz CT molecular complexity index is 135. The summed E-state index contributed by atoms with van der Waals surface area (Å²) >= 11 is 0. The van der Waals surface area contributed by atoms with E-state index >= 15 is 0 Å². The predicted octanol–water partition coefficient (Wildman–Crippen LogP) is 2.47. The van der Waals surface area contributed by atoms with Crippen molar-refractivity contribution in [1.29, 1.82) is 0 Å². The number of nitrogens with zero attached hydrogens (tertiary/aromatic N) is 1. The fourth-order valence-corrected chi connectivity index (χ4v) is 0.921. The van der Waals surface area contributed by atoms with Crippen molar-refractivity contribution < 1.29 is 9.53 Å².